The lowest BCUT2D eigenvalue weighted by molar-refractivity contribution is 0.629. The van der Waals surface area contributed by atoms with Crippen molar-refractivity contribution in [3.8, 4) is 16.9 Å². The number of hydrogen-bond donors (Lipinski definition) is 2. The zero-order valence-electron chi connectivity index (χ0n) is 14.4. The van der Waals surface area contributed by atoms with E-state index in [1.807, 2.05) is 19.1 Å². The zero-order valence-corrected chi connectivity index (χ0v) is 15.2. The van der Waals surface area contributed by atoms with Crippen LogP contribution >= 0.6 is 11.6 Å². The molecule has 0 amide bonds. The second-order valence-corrected chi connectivity index (χ2v) is 6.46. The minimum Gasteiger partial charge on any atom is -0.383 e. The molecule has 0 fully saturated rings. The van der Waals surface area contributed by atoms with Gasteiger partial charge in [-0.2, -0.15) is 9.97 Å². The number of hydrogen-bond acceptors (Lipinski definition) is 5. The largest absolute Gasteiger partial charge is 0.383 e. The number of aromatic nitrogens is 4. The van der Waals surface area contributed by atoms with Crippen LogP contribution in [0, 0.1) is 5.82 Å². The normalized spacial score (nSPS) is 11.2. The Morgan fingerprint density at radius 3 is 2.48 bits per heavy atom. The molecule has 0 atom stereocenters. The molecular weight excluding hydrogens is 367 g/mol. The van der Waals surface area contributed by atoms with Gasteiger partial charge >= 0.3 is 0 Å². The molecule has 27 heavy (non-hydrogen) atoms. The first kappa shape index (κ1) is 17.2. The van der Waals surface area contributed by atoms with Gasteiger partial charge in [0.2, 0.25) is 5.95 Å². The fraction of sp³-hybridized carbons (Fsp3) is 0.105. The molecule has 0 radical (unpaired) electrons. The number of fused-ring (bicyclic) bond motifs is 1. The van der Waals surface area contributed by atoms with Crippen LogP contribution in [0.2, 0.25) is 5.02 Å². The maximum Gasteiger partial charge on any atom is 0.224 e. The molecule has 0 unspecified atom stereocenters. The van der Waals surface area contributed by atoms with E-state index in [0.29, 0.717) is 39.7 Å². The Morgan fingerprint density at radius 2 is 1.78 bits per heavy atom. The van der Waals surface area contributed by atoms with Crippen LogP contribution in [0.1, 0.15) is 12.7 Å². The number of imidazole rings is 1. The first-order valence-electron chi connectivity index (χ1n) is 8.34. The molecule has 0 aliphatic rings. The molecule has 0 spiro atoms. The van der Waals surface area contributed by atoms with Gasteiger partial charge in [0.25, 0.3) is 0 Å². The molecule has 4 rings (SSSR count). The molecule has 0 saturated carbocycles. The van der Waals surface area contributed by atoms with Gasteiger partial charge in [-0.3, -0.25) is 4.57 Å². The molecule has 136 valence electrons. The van der Waals surface area contributed by atoms with Crippen LogP contribution in [0.25, 0.3) is 28.0 Å². The Bertz CT molecular complexity index is 1150. The number of benzene rings is 2. The molecule has 4 aromatic rings. The van der Waals surface area contributed by atoms with Crippen LogP contribution in [0.5, 0.6) is 0 Å². The van der Waals surface area contributed by atoms with E-state index >= 15 is 0 Å². The molecule has 0 saturated heterocycles. The van der Waals surface area contributed by atoms with Gasteiger partial charge in [0.15, 0.2) is 5.82 Å². The average Bonchev–Trinajstić information content (AvgIpc) is 2.99. The number of anilines is 2. The molecule has 0 bridgehead atoms. The fourth-order valence-electron chi connectivity index (χ4n) is 3.11. The maximum absolute atomic E-state index is 13.9. The van der Waals surface area contributed by atoms with Crippen LogP contribution in [0.4, 0.5) is 16.2 Å². The standard InChI is InChI=1S/C19H16ClFN6/c1-2-15-24-13-8-7-12(21)9-14(13)27(15)18-16(17(22)25-19(23)26-18)10-3-5-11(20)6-4-10/h3-9H,2H2,1H3,(H4,22,23,25,26). The highest BCUT2D eigenvalue weighted by Gasteiger charge is 2.20. The maximum atomic E-state index is 13.9. The van der Waals surface area contributed by atoms with Gasteiger partial charge in [0.05, 0.1) is 16.6 Å². The second kappa shape index (κ2) is 6.51. The predicted molar refractivity (Wildman–Crippen MR) is 105 cm³/mol. The third-order valence-electron chi connectivity index (χ3n) is 4.28. The van der Waals surface area contributed by atoms with Gasteiger partial charge in [0, 0.05) is 17.5 Å². The van der Waals surface area contributed by atoms with E-state index in [0.717, 1.165) is 5.56 Å². The van der Waals surface area contributed by atoms with Gasteiger partial charge in [-0.05, 0) is 29.8 Å². The number of nitrogens with two attached hydrogens (primary N) is 2. The molecule has 2 heterocycles. The minimum atomic E-state index is -0.366. The summed E-state index contributed by atoms with van der Waals surface area (Å²) >= 11 is 6.01. The number of aryl methyl sites for hydroxylation is 1. The van der Waals surface area contributed by atoms with E-state index in [-0.39, 0.29) is 17.6 Å². The topological polar surface area (TPSA) is 95.6 Å². The summed E-state index contributed by atoms with van der Waals surface area (Å²) in [6.07, 6.45) is 0.611. The van der Waals surface area contributed by atoms with Crippen molar-refractivity contribution in [2.24, 2.45) is 0 Å². The van der Waals surface area contributed by atoms with Crippen molar-refractivity contribution >= 4 is 34.4 Å². The van der Waals surface area contributed by atoms with Crippen molar-refractivity contribution < 1.29 is 4.39 Å². The Hall–Kier alpha value is -3.19. The third-order valence-corrected chi connectivity index (χ3v) is 4.53. The highest BCUT2D eigenvalue weighted by atomic mass is 35.5. The van der Waals surface area contributed by atoms with Crippen molar-refractivity contribution in [2.45, 2.75) is 13.3 Å². The summed E-state index contributed by atoms with van der Waals surface area (Å²) in [4.78, 5) is 13.1. The first-order valence-corrected chi connectivity index (χ1v) is 8.72. The number of halogens is 2. The Balaban J connectivity index is 2.09. The monoisotopic (exact) mass is 382 g/mol. The van der Waals surface area contributed by atoms with Crippen LogP contribution in [-0.2, 0) is 6.42 Å². The number of nitrogen functional groups attached to an aromatic ring is 2. The zero-order chi connectivity index (χ0) is 19.1. The SMILES string of the molecule is CCc1nc2ccc(F)cc2n1-c1nc(N)nc(N)c1-c1ccc(Cl)cc1. The van der Waals surface area contributed by atoms with Crippen LogP contribution in [0.3, 0.4) is 0 Å². The molecule has 2 aromatic carbocycles. The first-order chi connectivity index (χ1) is 13.0. The van der Waals surface area contributed by atoms with Gasteiger partial charge in [-0.1, -0.05) is 30.7 Å². The Kier molecular flexibility index (Phi) is 4.16. The average molecular weight is 383 g/mol. The number of nitrogens with zero attached hydrogens (tertiary/aromatic N) is 4. The summed E-state index contributed by atoms with van der Waals surface area (Å²) < 4.78 is 15.7. The lowest BCUT2D eigenvalue weighted by Crippen LogP contribution is -2.11. The Labute approximate surface area is 159 Å². The van der Waals surface area contributed by atoms with Crippen molar-refractivity contribution in [3.63, 3.8) is 0 Å². The Morgan fingerprint density at radius 1 is 1.04 bits per heavy atom. The summed E-state index contributed by atoms with van der Waals surface area (Å²) in [6.45, 7) is 1.96. The summed E-state index contributed by atoms with van der Waals surface area (Å²) in [7, 11) is 0. The molecule has 4 N–H and O–H groups in total. The molecule has 2 aromatic heterocycles. The van der Waals surface area contributed by atoms with Crippen LogP contribution < -0.4 is 11.5 Å². The summed E-state index contributed by atoms with van der Waals surface area (Å²) in [5.74, 6) is 1.05. The van der Waals surface area contributed by atoms with E-state index in [4.69, 9.17) is 23.1 Å². The van der Waals surface area contributed by atoms with Crippen molar-refractivity contribution in [1.82, 2.24) is 19.5 Å². The van der Waals surface area contributed by atoms with E-state index in [9.17, 15) is 4.39 Å². The molecule has 0 aliphatic carbocycles. The fourth-order valence-corrected chi connectivity index (χ4v) is 3.24. The van der Waals surface area contributed by atoms with Gasteiger partial charge in [-0.25, -0.2) is 9.37 Å². The third kappa shape index (κ3) is 2.96. The second-order valence-electron chi connectivity index (χ2n) is 6.02. The lowest BCUT2D eigenvalue weighted by atomic mass is 10.1. The smallest absolute Gasteiger partial charge is 0.224 e. The highest BCUT2D eigenvalue weighted by molar-refractivity contribution is 6.30. The minimum absolute atomic E-state index is 0.0283. The van der Waals surface area contributed by atoms with E-state index < -0.39 is 0 Å². The molecule has 8 heteroatoms. The lowest BCUT2D eigenvalue weighted by Gasteiger charge is -2.15. The van der Waals surface area contributed by atoms with Crippen LogP contribution in [-0.4, -0.2) is 19.5 Å². The van der Waals surface area contributed by atoms with Crippen molar-refractivity contribution in [1.29, 1.82) is 0 Å². The van der Waals surface area contributed by atoms with Crippen LogP contribution in [0.15, 0.2) is 42.5 Å². The van der Waals surface area contributed by atoms with E-state index in [1.54, 1.807) is 22.8 Å². The van der Waals surface area contributed by atoms with Crippen molar-refractivity contribution in [2.75, 3.05) is 11.5 Å². The van der Waals surface area contributed by atoms with Gasteiger partial charge in [0.1, 0.15) is 17.5 Å². The summed E-state index contributed by atoms with van der Waals surface area (Å²) in [5, 5.41) is 0.597. The van der Waals surface area contributed by atoms with Crippen molar-refractivity contribution in [3.05, 3.63) is 59.1 Å². The summed E-state index contributed by atoms with van der Waals surface area (Å²) in [6, 6.07) is 11.6. The van der Waals surface area contributed by atoms with Gasteiger partial charge in [-0.15, -0.1) is 0 Å². The van der Waals surface area contributed by atoms with E-state index in [1.165, 1.54) is 12.1 Å². The van der Waals surface area contributed by atoms with E-state index in [2.05, 4.69) is 15.0 Å². The molecular formula is C19H16ClFN6. The number of rotatable bonds is 3. The highest BCUT2D eigenvalue weighted by Crippen LogP contribution is 2.34. The van der Waals surface area contributed by atoms with Gasteiger partial charge < -0.3 is 11.5 Å². The molecule has 0 aliphatic heterocycles. The predicted octanol–water partition coefficient (Wildman–Crippen LogP) is 4.00. The molecule has 6 nitrogen and oxygen atoms in total. The quantitative estimate of drug-likeness (QED) is 0.558. The summed E-state index contributed by atoms with van der Waals surface area (Å²) in [5.41, 5.74) is 14.7.